The van der Waals surface area contributed by atoms with Crippen molar-refractivity contribution < 1.29 is 31.5 Å². The number of fused-ring (bicyclic) bond motifs is 1. The number of aromatic nitrogens is 3. The van der Waals surface area contributed by atoms with Crippen molar-refractivity contribution in [2.24, 2.45) is 0 Å². The molecule has 2 aliphatic rings. The fourth-order valence-electron chi connectivity index (χ4n) is 6.28. The molecule has 6 rings (SSSR count). The largest absolute Gasteiger partial charge is 0.348 e. The van der Waals surface area contributed by atoms with Crippen molar-refractivity contribution in [2.75, 3.05) is 40.3 Å². The van der Waals surface area contributed by atoms with E-state index in [1.807, 2.05) is 0 Å². The highest BCUT2D eigenvalue weighted by Crippen LogP contribution is 2.43. The van der Waals surface area contributed by atoms with Gasteiger partial charge >= 0.3 is 0 Å². The third-order valence-corrected chi connectivity index (χ3v) is 8.68. The standard InChI is InChI=1S/C33H33F5N6O2/c1-42(2)32(46)28-16-23-21(22-14-27(35)24(15-26(22)34)25-6-9-39-18-33(25,37)38)13-20(30(36)31(23)41-28)19-5-3-10-43(17-19)29(45)7-12-44-11-4-8-40-44/h4-5,8,11,13-16,25,39,41H,3,6-7,9-10,12,17-18H2,1-2H3. The van der Waals surface area contributed by atoms with E-state index in [0.29, 0.717) is 25.1 Å². The van der Waals surface area contributed by atoms with Gasteiger partial charge < -0.3 is 20.1 Å². The molecule has 2 aromatic carbocycles. The van der Waals surface area contributed by atoms with Gasteiger partial charge in [0, 0.05) is 69.1 Å². The number of amides is 2. The van der Waals surface area contributed by atoms with Gasteiger partial charge in [0.1, 0.15) is 17.3 Å². The minimum absolute atomic E-state index is 0.0252. The van der Waals surface area contributed by atoms with Crippen molar-refractivity contribution in [1.29, 1.82) is 0 Å². The Morgan fingerprint density at radius 3 is 2.59 bits per heavy atom. The van der Waals surface area contributed by atoms with E-state index in [1.165, 1.54) is 31.1 Å². The number of aryl methyl sites for hydroxylation is 1. The van der Waals surface area contributed by atoms with Crippen LogP contribution in [0, 0.1) is 17.5 Å². The zero-order chi connectivity index (χ0) is 32.7. The molecule has 0 bridgehead atoms. The molecule has 0 saturated carbocycles. The molecule has 2 aromatic heterocycles. The van der Waals surface area contributed by atoms with E-state index in [4.69, 9.17) is 0 Å². The maximum Gasteiger partial charge on any atom is 0.269 e. The maximum atomic E-state index is 16.3. The molecular formula is C33H33F5N6O2. The smallest absolute Gasteiger partial charge is 0.269 e. The van der Waals surface area contributed by atoms with Crippen molar-refractivity contribution in [1.82, 2.24) is 29.9 Å². The highest BCUT2D eigenvalue weighted by molar-refractivity contribution is 6.04. The summed E-state index contributed by atoms with van der Waals surface area (Å²) in [7, 11) is 3.04. The van der Waals surface area contributed by atoms with Gasteiger partial charge in [0.25, 0.3) is 11.8 Å². The van der Waals surface area contributed by atoms with E-state index in [9.17, 15) is 18.4 Å². The van der Waals surface area contributed by atoms with Crippen molar-refractivity contribution in [3.63, 3.8) is 0 Å². The third kappa shape index (κ3) is 5.91. The number of hydrogen-bond donors (Lipinski definition) is 2. The van der Waals surface area contributed by atoms with E-state index in [2.05, 4.69) is 15.4 Å². The van der Waals surface area contributed by atoms with Gasteiger partial charge in [-0.15, -0.1) is 0 Å². The average molecular weight is 641 g/mol. The number of nitrogens with one attached hydrogen (secondary N) is 2. The van der Waals surface area contributed by atoms with Crippen LogP contribution in [0.3, 0.4) is 0 Å². The molecule has 0 radical (unpaired) electrons. The molecule has 1 saturated heterocycles. The summed E-state index contributed by atoms with van der Waals surface area (Å²) in [6.07, 6.45) is 5.70. The summed E-state index contributed by atoms with van der Waals surface area (Å²) in [6.45, 7) is 0.456. The number of rotatable bonds is 7. The van der Waals surface area contributed by atoms with Gasteiger partial charge in [-0.2, -0.15) is 5.10 Å². The molecule has 1 fully saturated rings. The molecule has 2 aliphatic heterocycles. The second-order valence-corrected chi connectivity index (χ2v) is 11.9. The van der Waals surface area contributed by atoms with Crippen LogP contribution in [0.4, 0.5) is 22.0 Å². The minimum atomic E-state index is -3.28. The van der Waals surface area contributed by atoms with Crippen LogP contribution in [0.25, 0.3) is 27.6 Å². The van der Waals surface area contributed by atoms with E-state index in [0.717, 1.165) is 12.1 Å². The molecule has 1 atom stereocenters. The Hall–Kier alpha value is -4.52. The number of H-pyrrole nitrogens is 1. The van der Waals surface area contributed by atoms with Crippen LogP contribution in [0.5, 0.6) is 0 Å². The number of benzene rings is 2. The average Bonchev–Trinajstić information content (AvgIpc) is 3.72. The van der Waals surface area contributed by atoms with Crippen LogP contribution in [0.1, 0.15) is 46.8 Å². The molecule has 8 nitrogen and oxygen atoms in total. The monoisotopic (exact) mass is 640 g/mol. The number of piperidine rings is 1. The molecule has 0 spiro atoms. The predicted octanol–water partition coefficient (Wildman–Crippen LogP) is 5.57. The van der Waals surface area contributed by atoms with Crippen LogP contribution in [0.15, 0.2) is 48.8 Å². The number of carbonyl (C=O) groups excluding carboxylic acids is 2. The SMILES string of the molecule is CN(C)C(=O)c1cc2c(-c3cc(F)c(C4CCNCC4(F)F)cc3F)cc(C3=CCCN(C(=O)CCn4cccn4)C3)c(F)c2[nH]1. The summed E-state index contributed by atoms with van der Waals surface area (Å²) >= 11 is 0. The molecule has 1 unspecified atom stereocenters. The molecule has 2 amide bonds. The van der Waals surface area contributed by atoms with Gasteiger partial charge in [-0.25, -0.2) is 22.0 Å². The molecular weight excluding hydrogens is 607 g/mol. The first-order chi connectivity index (χ1) is 21.9. The van der Waals surface area contributed by atoms with Gasteiger partial charge in [0.15, 0.2) is 5.82 Å². The summed E-state index contributed by atoms with van der Waals surface area (Å²) in [5, 5.41) is 6.81. The van der Waals surface area contributed by atoms with E-state index in [1.54, 1.807) is 34.1 Å². The quantitative estimate of drug-likeness (QED) is 0.259. The first kappa shape index (κ1) is 31.5. The van der Waals surface area contributed by atoms with Crippen LogP contribution in [-0.4, -0.2) is 82.6 Å². The molecule has 2 N–H and O–H groups in total. The number of nitrogens with zero attached hydrogens (tertiary/aromatic N) is 4. The molecule has 242 valence electrons. The van der Waals surface area contributed by atoms with Gasteiger partial charge in [-0.1, -0.05) is 6.08 Å². The zero-order valence-electron chi connectivity index (χ0n) is 25.3. The summed E-state index contributed by atoms with van der Waals surface area (Å²) in [5.74, 6) is -8.10. The number of alkyl halides is 2. The third-order valence-electron chi connectivity index (χ3n) is 8.68. The summed E-state index contributed by atoms with van der Waals surface area (Å²) in [6, 6.07) is 6.15. The lowest BCUT2D eigenvalue weighted by molar-refractivity contribution is -0.131. The zero-order valence-corrected chi connectivity index (χ0v) is 25.3. The molecule has 46 heavy (non-hydrogen) atoms. The predicted molar refractivity (Wildman–Crippen MR) is 163 cm³/mol. The fourth-order valence-corrected chi connectivity index (χ4v) is 6.28. The number of aromatic amines is 1. The number of carbonyl (C=O) groups is 2. The van der Waals surface area contributed by atoms with Crippen molar-refractivity contribution in [2.45, 2.75) is 37.6 Å². The highest BCUT2D eigenvalue weighted by Gasteiger charge is 2.44. The van der Waals surface area contributed by atoms with Crippen LogP contribution in [0.2, 0.25) is 0 Å². The van der Waals surface area contributed by atoms with Crippen LogP contribution in [-0.2, 0) is 11.3 Å². The molecule has 4 aromatic rings. The molecule has 13 heteroatoms. The molecule has 4 heterocycles. The fraction of sp³-hybridized carbons (Fsp3) is 0.364. The minimum Gasteiger partial charge on any atom is -0.348 e. The highest BCUT2D eigenvalue weighted by atomic mass is 19.3. The van der Waals surface area contributed by atoms with Gasteiger partial charge in [0.2, 0.25) is 5.91 Å². The Morgan fingerprint density at radius 1 is 1.07 bits per heavy atom. The lowest BCUT2D eigenvalue weighted by Gasteiger charge is -2.32. The van der Waals surface area contributed by atoms with Gasteiger partial charge in [0.05, 0.1) is 18.0 Å². The number of halogens is 5. The second-order valence-electron chi connectivity index (χ2n) is 11.9. The second kappa shape index (κ2) is 12.3. The first-order valence-electron chi connectivity index (χ1n) is 15.0. The van der Waals surface area contributed by atoms with Gasteiger partial charge in [-0.05, 0) is 66.4 Å². The lowest BCUT2D eigenvalue weighted by Crippen LogP contribution is -2.44. The van der Waals surface area contributed by atoms with Gasteiger partial charge in [-0.3, -0.25) is 14.3 Å². The Bertz CT molecular complexity index is 1830. The Kier molecular flexibility index (Phi) is 8.45. The maximum absolute atomic E-state index is 16.3. The number of hydrogen-bond acceptors (Lipinski definition) is 4. The van der Waals surface area contributed by atoms with Crippen molar-refractivity contribution >= 4 is 28.3 Å². The Balaban J connectivity index is 1.42. The Morgan fingerprint density at radius 2 is 1.87 bits per heavy atom. The topological polar surface area (TPSA) is 86.3 Å². The van der Waals surface area contributed by atoms with Crippen molar-refractivity contribution in [3.8, 4) is 11.1 Å². The van der Waals surface area contributed by atoms with Crippen LogP contribution >= 0.6 is 0 Å². The van der Waals surface area contributed by atoms with Crippen LogP contribution < -0.4 is 5.32 Å². The summed E-state index contributed by atoms with van der Waals surface area (Å²) < 4.78 is 78.8. The summed E-state index contributed by atoms with van der Waals surface area (Å²) in [4.78, 5) is 31.6. The normalized spacial score (nSPS) is 18.1. The Labute approximate surface area is 261 Å². The van der Waals surface area contributed by atoms with E-state index in [-0.39, 0.29) is 65.1 Å². The first-order valence-corrected chi connectivity index (χ1v) is 15.0. The van der Waals surface area contributed by atoms with E-state index >= 15 is 13.2 Å². The molecule has 0 aliphatic carbocycles. The lowest BCUT2D eigenvalue weighted by atomic mass is 9.85. The summed E-state index contributed by atoms with van der Waals surface area (Å²) in [5.41, 5.74) is -0.192. The van der Waals surface area contributed by atoms with E-state index < -0.39 is 47.3 Å². The van der Waals surface area contributed by atoms with Crippen molar-refractivity contribution in [3.05, 3.63) is 83.1 Å².